The van der Waals surface area contributed by atoms with Crippen LogP contribution in [-0.4, -0.2) is 25.8 Å². The lowest BCUT2D eigenvalue weighted by Crippen LogP contribution is -2.43. The average Bonchev–Trinajstić information content (AvgIpc) is 2.29. The van der Waals surface area contributed by atoms with Crippen LogP contribution in [0.4, 0.5) is 0 Å². The lowest BCUT2D eigenvalue weighted by molar-refractivity contribution is 0.108. The van der Waals surface area contributed by atoms with E-state index in [0.29, 0.717) is 12.1 Å². The average molecular weight is 233 g/mol. The van der Waals surface area contributed by atoms with E-state index >= 15 is 0 Å². The second-order valence-corrected chi connectivity index (χ2v) is 5.23. The van der Waals surface area contributed by atoms with Crippen molar-refractivity contribution in [2.75, 3.05) is 13.7 Å². The van der Waals surface area contributed by atoms with Gasteiger partial charge in [-0.15, -0.1) is 0 Å². The fourth-order valence-electron chi connectivity index (χ4n) is 2.31. The van der Waals surface area contributed by atoms with E-state index in [1.165, 1.54) is 24.0 Å². The smallest absolute Gasteiger partial charge is 0.0667 e. The number of methoxy groups -OCH3 is 1. The minimum absolute atomic E-state index is 0.313. The quantitative estimate of drug-likeness (QED) is 0.844. The van der Waals surface area contributed by atoms with Crippen LogP contribution < -0.4 is 5.32 Å². The molecule has 1 fully saturated rings. The highest BCUT2D eigenvalue weighted by Crippen LogP contribution is 2.36. The number of nitrogens with one attached hydrogen (secondary N) is 1. The van der Waals surface area contributed by atoms with E-state index in [9.17, 15) is 0 Å². The number of aryl methyl sites for hydroxylation is 1. The van der Waals surface area contributed by atoms with Crippen LogP contribution in [0.25, 0.3) is 0 Å². The summed E-state index contributed by atoms with van der Waals surface area (Å²) in [6, 6.07) is 9.65. The van der Waals surface area contributed by atoms with Crippen LogP contribution in [0.3, 0.4) is 0 Å². The molecule has 17 heavy (non-hydrogen) atoms. The van der Waals surface area contributed by atoms with Crippen molar-refractivity contribution in [3.63, 3.8) is 0 Å². The summed E-state index contributed by atoms with van der Waals surface area (Å²) in [6.07, 6.45) is 2.84. The molecule has 0 spiro atoms. The van der Waals surface area contributed by atoms with Crippen molar-refractivity contribution in [1.82, 2.24) is 5.32 Å². The monoisotopic (exact) mass is 233 g/mol. The largest absolute Gasteiger partial charge is 0.380 e. The summed E-state index contributed by atoms with van der Waals surface area (Å²) in [5.74, 6) is 0.756. The third-order valence-corrected chi connectivity index (χ3v) is 3.78. The fraction of sp³-hybridized carbons (Fsp3) is 0.600. The highest BCUT2D eigenvalue weighted by atomic mass is 16.5. The zero-order valence-electron chi connectivity index (χ0n) is 11.1. The molecule has 1 saturated carbocycles. The zero-order chi connectivity index (χ0) is 12.3. The summed E-state index contributed by atoms with van der Waals surface area (Å²) >= 11 is 0. The van der Waals surface area contributed by atoms with Crippen molar-refractivity contribution in [1.29, 1.82) is 0 Å². The molecule has 0 aliphatic heterocycles. The predicted octanol–water partition coefficient (Wildman–Crippen LogP) is 2.87. The SMILES string of the molecule is COC(C)CNC1CC(c2ccc(C)cc2)C1. The maximum absolute atomic E-state index is 5.23. The lowest BCUT2D eigenvalue weighted by atomic mass is 9.75. The van der Waals surface area contributed by atoms with Crippen molar-refractivity contribution in [2.24, 2.45) is 0 Å². The molecule has 1 aliphatic rings. The third-order valence-electron chi connectivity index (χ3n) is 3.78. The highest BCUT2D eigenvalue weighted by Gasteiger charge is 2.29. The van der Waals surface area contributed by atoms with E-state index in [2.05, 4.69) is 43.4 Å². The van der Waals surface area contributed by atoms with Crippen molar-refractivity contribution in [2.45, 2.75) is 44.8 Å². The van der Waals surface area contributed by atoms with Crippen LogP contribution in [-0.2, 0) is 4.74 Å². The van der Waals surface area contributed by atoms with Crippen LogP contribution >= 0.6 is 0 Å². The molecule has 0 saturated heterocycles. The minimum atomic E-state index is 0.313. The molecule has 1 unspecified atom stereocenters. The fourth-order valence-corrected chi connectivity index (χ4v) is 2.31. The van der Waals surface area contributed by atoms with Gasteiger partial charge in [0.2, 0.25) is 0 Å². The molecule has 2 nitrogen and oxygen atoms in total. The molecule has 1 aromatic rings. The molecular formula is C15H23NO. The molecule has 2 rings (SSSR count). The van der Waals surface area contributed by atoms with E-state index in [1.54, 1.807) is 7.11 Å². The van der Waals surface area contributed by atoms with E-state index in [4.69, 9.17) is 4.74 Å². The van der Waals surface area contributed by atoms with Crippen LogP contribution in [0.2, 0.25) is 0 Å². The van der Waals surface area contributed by atoms with Gasteiger partial charge in [0.25, 0.3) is 0 Å². The van der Waals surface area contributed by atoms with E-state index in [1.807, 2.05) is 0 Å². The summed E-state index contributed by atoms with van der Waals surface area (Å²) in [4.78, 5) is 0. The Labute approximate surface area is 104 Å². The van der Waals surface area contributed by atoms with Crippen LogP contribution in [0.5, 0.6) is 0 Å². The summed E-state index contributed by atoms with van der Waals surface area (Å²) in [5.41, 5.74) is 2.84. The van der Waals surface area contributed by atoms with Crippen LogP contribution in [0.15, 0.2) is 24.3 Å². The van der Waals surface area contributed by atoms with Gasteiger partial charge >= 0.3 is 0 Å². The Bertz CT molecular complexity index is 340. The van der Waals surface area contributed by atoms with Gasteiger partial charge < -0.3 is 10.1 Å². The van der Waals surface area contributed by atoms with Gasteiger partial charge in [0.1, 0.15) is 0 Å². The Morgan fingerprint density at radius 2 is 1.94 bits per heavy atom. The Morgan fingerprint density at radius 3 is 2.53 bits per heavy atom. The second kappa shape index (κ2) is 5.65. The first-order valence-corrected chi connectivity index (χ1v) is 6.51. The summed E-state index contributed by atoms with van der Waals surface area (Å²) < 4.78 is 5.23. The number of hydrogen-bond acceptors (Lipinski definition) is 2. The number of ether oxygens (including phenoxy) is 1. The van der Waals surface area contributed by atoms with Gasteiger partial charge in [0.05, 0.1) is 6.10 Å². The first kappa shape index (κ1) is 12.6. The Morgan fingerprint density at radius 1 is 1.29 bits per heavy atom. The maximum atomic E-state index is 5.23. The molecule has 1 aliphatic carbocycles. The van der Waals surface area contributed by atoms with E-state index in [0.717, 1.165) is 12.5 Å². The lowest BCUT2D eigenvalue weighted by Gasteiger charge is -2.37. The van der Waals surface area contributed by atoms with Crippen molar-refractivity contribution >= 4 is 0 Å². The van der Waals surface area contributed by atoms with Gasteiger partial charge in [-0.1, -0.05) is 29.8 Å². The maximum Gasteiger partial charge on any atom is 0.0667 e. The Balaban J connectivity index is 1.73. The van der Waals surface area contributed by atoms with E-state index < -0.39 is 0 Å². The molecule has 2 heteroatoms. The second-order valence-electron chi connectivity index (χ2n) is 5.23. The normalized spacial score (nSPS) is 25.4. The minimum Gasteiger partial charge on any atom is -0.380 e. The van der Waals surface area contributed by atoms with Crippen molar-refractivity contribution in [3.05, 3.63) is 35.4 Å². The molecule has 0 bridgehead atoms. The van der Waals surface area contributed by atoms with Gasteiger partial charge in [-0.3, -0.25) is 0 Å². The van der Waals surface area contributed by atoms with Crippen molar-refractivity contribution < 1.29 is 4.74 Å². The first-order chi connectivity index (χ1) is 8.19. The van der Waals surface area contributed by atoms with E-state index in [-0.39, 0.29) is 0 Å². The Kier molecular flexibility index (Phi) is 4.19. The number of rotatable bonds is 5. The third kappa shape index (κ3) is 3.30. The van der Waals surface area contributed by atoms with Gasteiger partial charge in [0, 0.05) is 19.7 Å². The molecule has 0 amide bonds. The van der Waals surface area contributed by atoms with Gasteiger partial charge in [-0.25, -0.2) is 0 Å². The molecule has 0 radical (unpaired) electrons. The van der Waals surface area contributed by atoms with Crippen LogP contribution in [0.1, 0.15) is 36.8 Å². The summed E-state index contributed by atoms with van der Waals surface area (Å²) in [5, 5.41) is 3.56. The number of benzene rings is 1. The molecule has 0 aromatic heterocycles. The zero-order valence-corrected chi connectivity index (χ0v) is 11.1. The molecule has 94 valence electrons. The standard InChI is InChI=1S/C15H23NO/c1-11-4-6-13(7-5-11)14-8-15(9-14)16-10-12(2)17-3/h4-7,12,14-16H,8-10H2,1-3H3. The van der Waals surface area contributed by atoms with Gasteiger partial charge in [-0.05, 0) is 38.2 Å². The highest BCUT2D eigenvalue weighted by molar-refractivity contribution is 5.26. The molecule has 1 N–H and O–H groups in total. The van der Waals surface area contributed by atoms with Crippen LogP contribution in [0, 0.1) is 6.92 Å². The topological polar surface area (TPSA) is 21.3 Å². The Hall–Kier alpha value is -0.860. The number of hydrogen-bond donors (Lipinski definition) is 1. The summed E-state index contributed by atoms with van der Waals surface area (Å²) in [7, 11) is 1.77. The van der Waals surface area contributed by atoms with Gasteiger partial charge in [0.15, 0.2) is 0 Å². The molecule has 1 aromatic carbocycles. The van der Waals surface area contributed by atoms with Gasteiger partial charge in [-0.2, -0.15) is 0 Å². The molecular weight excluding hydrogens is 210 g/mol. The summed E-state index contributed by atoms with van der Waals surface area (Å²) in [6.45, 7) is 5.20. The molecule has 0 heterocycles. The van der Waals surface area contributed by atoms with Crippen molar-refractivity contribution in [3.8, 4) is 0 Å². The molecule has 1 atom stereocenters. The first-order valence-electron chi connectivity index (χ1n) is 6.51. The predicted molar refractivity (Wildman–Crippen MR) is 71.4 cm³/mol.